The number of benzene rings is 1. The van der Waals surface area contributed by atoms with Gasteiger partial charge in [-0.15, -0.1) is 0 Å². The van der Waals surface area contributed by atoms with E-state index in [1.54, 1.807) is 25.1 Å². The molecule has 7 nitrogen and oxygen atoms in total. The summed E-state index contributed by atoms with van der Waals surface area (Å²) >= 11 is 6.01. The van der Waals surface area contributed by atoms with Crippen molar-refractivity contribution in [3.05, 3.63) is 34.9 Å². The molecule has 1 aliphatic rings. The van der Waals surface area contributed by atoms with Gasteiger partial charge in [0.1, 0.15) is 0 Å². The molecule has 2 rings (SSSR count). The molecule has 1 saturated heterocycles. The summed E-state index contributed by atoms with van der Waals surface area (Å²) in [5.41, 5.74) is 0.776. The number of carbonyl (C=O) groups excluding carboxylic acids is 2. The zero-order chi connectivity index (χ0) is 19.2. The summed E-state index contributed by atoms with van der Waals surface area (Å²) in [6.07, 6.45) is 0.804. The van der Waals surface area contributed by atoms with Gasteiger partial charge in [-0.05, 0) is 31.4 Å². The van der Waals surface area contributed by atoms with E-state index in [9.17, 15) is 18.0 Å². The largest absolute Gasteiger partial charge is 0.455 e. The number of nitrogens with one attached hydrogen (secondary N) is 1. The smallest absolute Gasteiger partial charge is 0.309 e. The van der Waals surface area contributed by atoms with Crippen LogP contribution >= 0.6 is 11.6 Å². The summed E-state index contributed by atoms with van der Waals surface area (Å²) in [5.74, 6) is -1.21. The predicted octanol–water partition coefficient (Wildman–Crippen LogP) is 1.56. The molecule has 1 N–H and O–H groups in total. The van der Waals surface area contributed by atoms with Gasteiger partial charge in [0.05, 0.1) is 11.7 Å². The molecule has 144 valence electrons. The first-order valence-electron chi connectivity index (χ1n) is 8.48. The average Bonchev–Trinajstić information content (AvgIpc) is 2.65. The molecule has 0 atom stereocenters. The number of hydrogen-bond acceptors (Lipinski definition) is 5. The van der Waals surface area contributed by atoms with E-state index in [1.807, 2.05) is 6.07 Å². The Balaban J connectivity index is 1.72. The fraction of sp³-hybridized carbons (Fsp3) is 0.529. The van der Waals surface area contributed by atoms with Crippen LogP contribution in [0.2, 0.25) is 5.02 Å². The number of nitrogens with zero attached hydrogens (tertiary/aromatic N) is 1. The first-order chi connectivity index (χ1) is 12.3. The van der Waals surface area contributed by atoms with Crippen molar-refractivity contribution in [1.29, 1.82) is 0 Å². The Hall–Kier alpha value is -1.64. The maximum absolute atomic E-state index is 12.1. The minimum Gasteiger partial charge on any atom is -0.455 e. The fourth-order valence-electron chi connectivity index (χ4n) is 2.69. The molecule has 0 bridgehead atoms. The molecule has 9 heteroatoms. The van der Waals surface area contributed by atoms with E-state index >= 15 is 0 Å². The second-order valence-electron chi connectivity index (χ2n) is 6.05. The molecule has 1 aromatic carbocycles. The van der Waals surface area contributed by atoms with Crippen molar-refractivity contribution in [2.45, 2.75) is 26.3 Å². The number of halogens is 1. The third-order valence-electron chi connectivity index (χ3n) is 4.32. The Morgan fingerprint density at radius 1 is 1.27 bits per heavy atom. The Bertz CT molecular complexity index is 745. The molecule has 1 aromatic rings. The Kier molecular flexibility index (Phi) is 7.43. The normalized spacial score (nSPS) is 16.2. The molecule has 0 saturated carbocycles. The number of esters is 1. The van der Waals surface area contributed by atoms with Gasteiger partial charge in [-0.25, -0.2) is 12.7 Å². The zero-order valence-corrected chi connectivity index (χ0v) is 16.2. The predicted molar refractivity (Wildman–Crippen MR) is 98.0 cm³/mol. The van der Waals surface area contributed by atoms with Gasteiger partial charge in [-0.2, -0.15) is 0 Å². The maximum Gasteiger partial charge on any atom is 0.309 e. The maximum atomic E-state index is 12.1. The van der Waals surface area contributed by atoms with E-state index in [4.69, 9.17) is 16.3 Å². The molecule has 0 spiro atoms. The van der Waals surface area contributed by atoms with Crippen LogP contribution in [0.25, 0.3) is 0 Å². The Morgan fingerprint density at radius 2 is 1.92 bits per heavy atom. The molecule has 1 amide bonds. The average molecular weight is 403 g/mol. The first kappa shape index (κ1) is 20.7. The van der Waals surface area contributed by atoms with Crippen molar-refractivity contribution < 1.29 is 22.7 Å². The van der Waals surface area contributed by atoms with Crippen LogP contribution < -0.4 is 5.32 Å². The number of carbonyl (C=O) groups is 2. The van der Waals surface area contributed by atoms with Crippen molar-refractivity contribution >= 4 is 33.5 Å². The van der Waals surface area contributed by atoms with Crippen molar-refractivity contribution in [2.75, 3.05) is 25.4 Å². The molecule has 1 fully saturated rings. The van der Waals surface area contributed by atoms with Crippen LogP contribution in [0.15, 0.2) is 24.3 Å². The third kappa shape index (κ3) is 5.69. The SMILES string of the molecule is CCS(=O)(=O)N1CCC(C(=O)OCC(=O)NCc2ccccc2Cl)CC1. The molecule has 0 aliphatic carbocycles. The van der Waals surface area contributed by atoms with E-state index in [-0.39, 0.29) is 24.8 Å². The van der Waals surface area contributed by atoms with Crippen LogP contribution in [0.1, 0.15) is 25.3 Å². The van der Waals surface area contributed by atoms with Crippen LogP contribution in [0.5, 0.6) is 0 Å². The number of piperidine rings is 1. The van der Waals surface area contributed by atoms with Crippen molar-refractivity contribution in [3.63, 3.8) is 0 Å². The highest BCUT2D eigenvalue weighted by molar-refractivity contribution is 7.89. The summed E-state index contributed by atoms with van der Waals surface area (Å²) in [4.78, 5) is 23.9. The van der Waals surface area contributed by atoms with Crippen LogP contribution in [-0.4, -0.2) is 50.0 Å². The number of rotatable bonds is 7. The third-order valence-corrected chi connectivity index (χ3v) is 6.58. The van der Waals surface area contributed by atoms with Gasteiger partial charge in [0.2, 0.25) is 10.0 Å². The summed E-state index contributed by atoms with van der Waals surface area (Å²) in [7, 11) is -3.23. The zero-order valence-electron chi connectivity index (χ0n) is 14.6. The lowest BCUT2D eigenvalue weighted by molar-refractivity contribution is -0.153. The second kappa shape index (κ2) is 9.34. The lowest BCUT2D eigenvalue weighted by Gasteiger charge is -2.29. The molecule has 1 aliphatic heterocycles. The van der Waals surface area contributed by atoms with Crippen LogP contribution in [-0.2, 0) is 30.9 Å². The minimum absolute atomic E-state index is 0.0493. The highest BCUT2D eigenvalue weighted by Crippen LogP contribution is 2.21. The van der Waals surface area contributed by atoms with Crippen molar-refractivity contribution in [3.8, 4) is 0 Å². The number of amides is 1. The standard InChI is InChI=1S/C17H23ClN2O5S/c1-2-26(23,24)20-9-7-13(8-10-20)17(22)25-12-16(21)19-11-14-5-3-4-6-15(14)18/h3-6,13H,2,7-12H2,1H3,(H,19,21). The van der Waals surface area contributed by atoms with Gasteiger partial charge in [-0.1, -0.05) is 29.8 Å². The lowest BCUT2D eigenvalue weighted by atomic mass is 9.98. The highest BCUT2D eigenvalue weighted by atomic mass is 35.5. The summed E-state index contributed by atoms with van der Waals surface area (Å²) < 4.78 is 30.1. The summed E-state index contributed by atoms with van der Waals surface area (Å²) in [6, 6.07) is 7.14. The molecule has 0 unspecified atom stereocenters. The van der Waals surface area contributed by atoms with Gasteiger partial charge >= 0.3 is 5.97 Å². The van der Waals surface area contributed by atoms with Gasteiger partial charge < -0.3 is 10.1 Å². The van der Waals surface area contributed by atoms with Gasteiger partial charge in [0, 0.05) is 24.7 Å². The van der Waals surface area contributed by atoms with Gasteiger partial charge in [0.25, 0.3) is 5.91 Å². The Labute approximate surface area is 158 Å². The topological polar surface area (TPSA) is 92.8 Å². The van der Waals surface area contributed by atoms with Crippen LogP contribution in [0, 0.1) is 5.92 Å². The summed E-state index contributed by atoms with van der Waals surface area (Å²) in [6.45, 7) is 2.08. The summed E-state index contributed by atoms with van der Waals surface area (Å²) in [5, 5.41) is 3.20. The van der Waals surface area contributed by atoms with Crippen LogP contribution in [0.3, 0.4) is 0 Å². The first-order valence-corrected chi connectivity index (χ1v) is 10.5. The van der Waals surface area contributed by atoms with Gasteiger partial charge in [0.15, 0.2) is 6.61 Å². The number of ether oxygens (including phenoxy) is 1. The molecular formula is C17H23ClN2O5S. The van der Waals surface area contributed by atoms with Crippen molar-refractivity contribution in [1.82, 2.24) is 9.62 Å². The van der Waals surface area contributed by atoms with E-state index in [0.717, 1.165) is 5.56 Å². The number of sulfonamides is 1. The number of hydrogen-bond donors (Lipinski definition) is 1. The highest BCUT2D eigenvalue weighted by Gasteiger charge is 2.31. The monoisotopic (exact) mass is 402 g/mol. The second-order valence-corrected chi connectivity index (χ2v) is 8.71. The van der Waals surface area contributed by atoms with Gasteiger partial charge in [-0.3, -0.25) is 9.59 Å². The van der Waals surface area contributed by atoms with Crippen molar-refractivity contribution in [2.24, 2.45) is 5.92 Å². The molecular weight excluding hydrogens is 380 g/mol. The molecule has 26 heavy (non-hydrogen) atoms. The molecule has 1 heterocycles. The van der Waals surface area contributed by atoms with E-state index in [2.05, 4.69) is 5.32 Å². The Morgan fingerprint density at radius 3 is 2.54 bits per heavy atom. The lowest BCUT2D eigenvalue weighted by Crippen LogP contribution is -2.41. The minimum atomic E-state index is -3.23. The van der Waals surface area contributed by atoms with E-state index in [0.29, 0.717) is 31.0 Å². The fourth-order valence-corrected chi connectivity index (χ4v) is 4.03. The van der Waals surface area contributed by atoms with Crippen LogP contribution in [0.4, 0.5) is 0 Å². The molecule has 0 radical (unpaired) electrons. The quantitative estimate of drug-likeness (QED) is 0.698. The van der Waals surface area contributed by atoms with E-state index < -0.39 is 21.9 Å². The molecule has 0 aromatic heterocycles. The van der Waals surface area contributed by atoms with E-state index in [1.165, 1.54) is 4.31 Å².